The van der Waals surface area contributed by atoms with Crippen molar-refractivity contribution in [3.8, 4) is 0 Å². The van der Waals surface area contributed by atoms with E-state index in [0.29, 0.717) is 47.7 Å². The number of carbonyl (C=O) groups is 1. The van der Waals surface area contributed by atoms with E-state index in [0.717, 1.165) is 11.3 Å². The summed E-state index contributed by atoms with van der Waals surface area (Å²) in [4.78, 5) is 17.2. The zero-order chi connectivity index (χ0) is 22.4. The number of rotatable bonds is 9. The minimum absolute atomic E-state index is 0.231. The Labute approximate surface area is 192 Å². The van der Waals surface area contributed by atoms with Crippen molar-refractivity contribution in [2.45, 2.75) is 18.9 Å². The van der Waals surface area contributed by atoms with Gasteiger partial charge in [-0.15, -0.1) is 0 Å². The minimum Gasteiger partial charge on any atom is -0.369 e. The van der Waals surface area contributed by atoms with Crippen molar-refractivity contribution in [2.75, 3.05) is 36.8 Å². The van der Waals surface area contributed by atoms with Crippen molar-refractivity contribution >= 4 is 45.3 Å². The number of sulfonamides is 1. The first-order valence-electron chi connectivity index (χ1n) is 9.79. The van der Waals surface area contributed by atoms with E-state index in [1.54, 1.807) is 24.4 Å². The summed E-state index contributed by atoms with van der Waals surface area (Å²) in [6.45, 7) is 1.72. The molecule has 168 valence electrons. The fourth-order valence-corrected chi connectivity index (χ4v) is 5.59. The number of piperazine rings is 1. The Morgan fingerprint density at radius 2 is 1.77 bits per heavy atom. The Hall–Kier alpha value is -1.91. The van der Waals surface area contributed by atoms with Crippen LogP contribution in [0.25, 0.3) is 0 Å². The predicted molar refractivity (Wildman–Crippen MR) is 120 cm³/mol. The summed E-state index contributed by atoms with van der Waals surface area (Å²) in [6.07, 6.45) is 4.02. The molecule has 0 spiro atoms. The lowest BCUT2D eigenvalue weighted by Gasteiger charge is -2.36. The molecule has 1 saturated heterocycles. The summed E-state index contributed by atoms with van der Waals surface area (Å²) >= 11 is 11.9. The maximum atomic E-state index is 13.0. The number of carbonyl (C=O) groups excluding carboxylic acids is 1. The zero-order valence-corrected chi connectivity index (χ0v) is 19.1. The molecule has 1 amide bonds. The summed E-state index contributed by atoms with van der Waals surface area (Å²) in [5.74, 6) is -0.364. The first-order valence-corrected chi connectivity index (χ1v) is 12.2. The van der Waals surface area contributed by atoms with E-state index in [1.807, 2.05) is 12.1 Å². The summed E-state index contributed by atoms with van der Waals surface area (Å²) in [6, 6.07) is 8.25. The standard InChI is InChI=1S/C20H24Cl2N4O4S/c21-17-2-5-19(6-3-17)24-7-9-25(10-8-24)31(29,30)14-20(26(28)15-27)4-1-16-11-18(22)13-23-12-16/h2-3,5-6,11-13,15,20,28H,1,4,7-10,14H2. The normalized spacial score (nSPS) is 16.2. The van der Waals surface area contributed by atoms with Gasteiger partial charge in [-0.2, -0.15) is 4.31 Å². The maximum Gasteiger partial charge on any atom is 0.233 e. The van der Waals surface area contributed by atoms with E-state index in [9.17, 15) is 18.4 Å². The molecular formula is C20H24Cl2N4O4S. The molecule has 0 radical (unpaired) electrons. The fourth-order valence-electron chi connectivity index (χ4n) is 3.53. The SMILES string of the molecule is O=CN(O)C(CCc1cncc(Cl)c1)CS(=O)(=O)N1CCN(c2ccc(Cl)cc2)CC1. The van der Waals surface area contributed by atoms with Crippen LogP contribution in [-0.2, 0) is 21.2 Å². The Balaban J connectivity index is 1.61. The Bertz CT molecular complexity index is 983. The molecule has 1 aromatic heterocycles. The molecule has 1 fully saturated rings. The van der Waals surface area contributed by atoms with Crippen LogP contribution in [0.15, 0.2) is 42.7 Å². The Morgan fingerprint density at radius 1 is 1.10 bits per heavy atom. The van der Waals surface area contributed by atoms with Crippen molar-refractivity contribution in [3.63, 3.8) is 0 Å². The number of pyridine rings is 1. The van der Waals surface area contributed by atoms with E-state index in [4.69, 9.17) is 23.2 Å². The monoisotopic (exact) mass is 486 g/mol. The van der Waals surface area contributed by atoms with Gasteiger partial charge in [-0.1, -0.05) is 23.2 Å². The third-order valence-corrected chi connectivity index (χ3v) is 7.65. The third kappa shape index (κ3) is 6.54. The van der Waals surface area contributed by atoms with Crippen LogP contribution in [0.1, 0.15) is 12.0 Å². The van der Waals surface area contributed by atoms with Crippen LogP contribution >= 0.6 is 23.2 Å². The number of hydrogen-bond donors (Lipinski definition) is 1. The number of aromatic nitrogens is 1. The quantitative estimate of drug-likeness (QED) is 0.332. The lowest BCUT2D eigenvalue weighted by Crippen LogP contribution is -2.51. The van der Waals surface area contributed by atoms with Gasteiger partial charge in [0.1, 0.15) is 0 Å². The van der Waals surface area contributed by atoms with Crippen LogP contribution in [0, 0.1) is 0 Å². The number of hydrogen-bond acceptors (Lipinski definition) is 6. The van der Waals surface area contributed by atoms with Crippen molar-refractivity contribution in [3.05, 3.63) is 58.3 Å². The van der Waals surface area contributed by atoms with Crippen LogP contribution in [0.2, 0.25) is 10.0 Å². The molecular weight excluding hydrogens is 463 g/mol. The van der Waals surface area contributed by atoms with Gasteiger partial charge in [0.15, 0.2) is 0 Å². The average molecular weight is 487 g/mol. The number of benzene rings is 1. The van der Waals surface area contributed by atoms with Crippen LogP contribution in [0.3, 0.4) is 0 Å². The first kappa shape index (κ1) is 23.7. The lowest BCUT2D eigenvalue weighted by atomic mass is 10.1. The molecule has 3 rings (SSSR count). The highest BCUT2D eigenvalue weighted by molar-refractivity contribution is 7.89. The van der Waals surface area contributed by atoms with Crippen LogP contribution < -0.4 is 4.90 Å². The largest absolute Gasteiger partial charge is 0.369 e. The molecule has 11 heteroatoms. The zero-order valence-electron chi connectivity index (χ0n) is 16.8. The van der Waals surface area contributed by atoms with Gasteiger partial charge in [0.2, 0.25) is 16.4 Å². The van der Waals surface area contributed by atoms with Gasteiger partial charge in [-0.25, -0.2) is 13.5 Å². The summed E-state index contributed by atoms with van der Waals surface area (Å²) in [5, 5.41) is 11.5. The molecule has 1 N–H and O–H groups in total. The van der Waals surface area contributed by atoms with Gasteiger partial charge in [0.05, 0.1) is 16.8 Å². The maximum absolute atomic E-state index is 13.0. The van der Waals surface area contributed by atoms with Crippen molar-refractivity contribution in [1.82, 2.24) is 14.4 Å². The molecule has 8 nitrogen and oxygen atoms in total. The minimum atomic E-state index is -3.68. The first-order chi connectivity index (χ1) is 14.8. The second kappa shape index (κ2) is 10.6. The molecule has 1 aliphatic rings. The van der Waals surface area contributed by atoms with Crippen LogP contribution in [0.4, 0.5) is 5.69 Å². The topological polar surface area (TPSA) is 94.0 Å². The van der Waals surface area contributed by atoms with Crippen molar-refractivity contribution in [1.29, 1.82) is 0 Å². The lowest BCUT2D eigenvalue weighted by molar-refractivity contribution is -0.158. The van der Waals surface area contributed by atoms with Gasteiger partial charge in [0, 0.05) is 49.3 Å². The third-order valence-electron chi connectivity index (χ3n) is 5.24. The molecule has 1 aliphatic heterocycles. The highest BCUT2D eigenvalue weighted by atomic mass is 35.5. The highest BCUT2D eigenvalue weighted by Crippen LogP contribution is 2.21. The molecule has 2 heterocycles. The second-order valence-corrected chi connectivity index (χ2v) is 10.2. The summed E-state index contributed by atoms with van der Waals surface area (Å²) in [7, 11) is -3.68. The van der Waals surface area contributed by atoms with Gasteiger partial charge < -0.3 is 4.90 Å². The highest BCUT2D eigenvalue weighted by Gasteiger charge is 2.31. The molecule has 0 bridgehead atoms. The number of hydroxylamine groups is 2. The molecule has 0 saturated carbocycles. The average Bonchev–Trinajstić information content (AvgIpc) is 2.76. The smallest absolute Gasteiger partial charge is 0.233 e. The van der Waals surface area contributed by atoms with Gasteiger partial charge in [-0.05, 0) is 48.7 Å². The van der Waals surface area contributed by atoms with E-state index >= 15 is 0 Å². The Kier molecular flexibility index (Phi) is 8.12. The van der Waals surface area contributed by atoms with Gasteiger partial charge in [0.25, 0.3) is 0 Å². The van der Waals surface area contributed by atoms with Gasteiger partial charge in [-0.3, -0.25) is 15.0 Å². The van der Waals surface area contributed by atoms with Crippen LogP contribution in [-0.4, -0.2) is 72.4 Å². The molecule has 1 aromatic carbocycles. The molecule has 1 unspecified atom stereocenters. The van der Waals surface area contributed by atoms with E-state index in [-0.39, 0.29) is 18.6 Å². The van der Waals surface area contributed by atoms with E-state index < -0.39 is 16.1 Å². The van der Waals surface area contributed by atoms with Crippen LogP contribution in [0.5, 0.6) is 0 Å². The summed E-state index contributed by atoms with van der Waals surface area (Å²) < 4.78 is 27.4. The Morgan fingerprint density at radius 3 is 2.39 bits per heavy atom. The van der Waals surface area contributed by atoms with Crippen molar-refractivity contribution in [2.24, 2.45) is 0 Å². The number of anilines is 1. The number of amides is 1. The second-order valence-electron chi connectivity index (χ2n) is 7.33. The molecule has 2 aromatic rings. The fraction of sp³-hybridized carbons (Fsp3) is 0.400. The van der Waals surface area contributed by atoms with E-state index in [2.05, 4.69) is 9.88 Å². The molecule has 0 aliphatic carbocycles. The summed E-state index contributed by atoms with van der Waals surface area (Å²) in [5.41, 5.74) is 1.78. The van der Waals surface area contributed by atoms with Gasteiger partial charge >= 0.3 is 0 Å². The molecule has 31 heavy (non-hydrogen) atoms. The number of aryl methyl sites for hydroxylation is 1. The molecule has 1 atom stereocenters. The van der Waals surface area contributed by atoms with Crippen molar-refractivity contribution < 1.29 is 18.4 Å². The number of halogens is 2. The predicted octanol–water partition coefficient (Wildman–Crippen LogP) is 2.69. The number of nitrogens with zero attached hydrogens (tertiary/aromatic N) is 4. The van der Waals surface area contributed by atoms with E-state index in [1.165, 1.54) is 10.5 Å².